The Kier molecular flexibility index (Phi) is 6.90. The zero-order valence-electron chi connectivity index (χ0n) is 19.1. The van der Waals surface area contributed by atoms with E-state index in [2.05, 4.69) is 30.9 Å². The van der Waals surface area contributed by atoms with E-state index < -0.39 is 23.8 Å². The molecule has 1 aliphatic carbocycles. The summed E-state index contributed by atoms with van der Waals surface area (Å²) in [6, 6.07) is 7.11. The lowest BCUT2D eigenvalue weighted by atomic mass is 10.0. The predicted molar refractivity (Wildman–Crippen MR) is 128 cm³/mol. The van der Waals surface area contributed by atoms with E-state index >= 15 is 0 Å². The number of aliphatic hydroxyl groups excluding tert-OH is 1. The number of anilines is 3. The molecule has 0 radical (unpaired) electrons. The summed E-state index contributed by atoms with van der Waals surface area (Å²) in [5.74, 6) is -0.0358. The molecule has 1 fully saturated rings. The van der Waals surface area contributed by atoms with Gasteiger partial charge in [-0.15, -0.1) is 0 Å². The van der Waals surface area contributed by atoms with Crippen LogP contribution in [0.4, 0.5) is 21.6 Å². The molecular weight excluding hydrogens is 439 g/mol. The number of benzene rings is 1. The molecule has 1 saturated carbocycles. The van der Waals surface area contributed by atoms with Gasteiger partial charge in [0.2, 0.25) is 0 Å². The number of nitrogens with zero attached hydrogens (tertiary/aromatic N) is 3. The Morgan fingerprint density at radius 3 is 2.79 bits per heavy atom. The molecule has 10 heteroatoms. The molecule has 9 nitrogen and oxygen atoms in total. The van der Waals surface area contributed by atoms with Crippen molar-refractivity contribution in [3.8, 4) is 0 Å². The minimum atomic E-state index is -1.63. The van der Waals surface area contributed by atoms with Gasteiger partial charge in [0.15, 0.2) is 0 Å². The largest absolute Gasteiger partial charge is 0.391 e. The molecule has 3 aromatic rings. The molecule has 4 rings (SSSR count). The zero-order valence-corrected chi connectivity index (χ0v) is 19.1. The summed E-state index contributed by atoms with van der Waals surface area (Å²) in [5, 5.41) is 29.9. The van der Waals surface area contributed by atoms with E-state index in [9.17, 15) is 19.4 Å². The van der Waals surface area contributed by atoms with Gasteiger partial charge >= 0.3 is 0 Å². The number of alkyl halides is 1. The van der Waals surface area contributed by atoms with Crippen LogP contribution in [0, 0.1) is 0 Å². The number of carbonyl (C=O) groups excluding carboxylic acids is 1. The summed E-state index contributed by atoms with van der Waals surface area (Å²) in [6.45, 7) is 2.35. The van der Waals surface area contributed by atoms with Crippen molar-refractivity contribution in [2.75, 3.05) is 17.2 Å². The number of fused-ring (bicyclic) bond motifs is 1. The van der Waals surface area contributed by atoms with Crippen LogP contribution in [0.3, 0.4) is 0 Å². The van der Waals surface area contributed by atoms with Crippen LogP contribution >= 0.6 is 0 Å². The van der Waals surface area contributed by atoms with E-state index in [1.165, 1.54) is 26.4 Å². The van der Waals surface area contributed by atoms with Crippen LogP contribution in [0.5, 0.6) is 0 Å². The minimum absolute atomic E-state index is 0.204. The summed E-state index contributed by atoms with van der Waals surface area (Å²) < 4.78 is 14.1. The standard InChI is InChI=1S/C24H29FN6O3/c1-24(2,34)21(25)12-28-23(33)16-11-27-22(9-19(16)31-18-4-3-5-20(18)32)30-15-6-7-17-14(8-15)10-26-13-29-17/h6-11,13,18,20-21,32,34H,3-5,12H2,1-2H3,(H,28,33)(H2,27,30,31). The lowest BCUT2D eigenvalue weighted by Crippen LogP contribution is -2.42. The van der Waals surface area contributed by atoms with Crippen LogP contribution in [-0.2, 0) is 0 Å². The van der Waals surface area contributed by atoms with Crippen molar-refractivity contribution < 1.29 is 19.4 Å². The molecule has 1 aromatic carbocycles. The summed E-state index contributed by atoms with van der Waals surface area (Å²) >= 11 is 0. The highest BCUT2D eigenvalue weighted by Gasteiger charge is 2.29. The van der Waals surface area contributed by atoms with E-state index in [4.69, 9.17) is 0 Å². The second kappa shape index (κ2) is 9.86. The third kappa shape index (κ3) is 5.57. The first-order valence-corrected chi connectivity index (χ1v) is 11.3. The Hall–Kier alpha value is -3.37. The first-order valence-electron chi connectivity index (χ1n) is 11.3. The highest BCUT2D eigenvalue weighted by Crippen LogP contribution is 2.28. The van der Waals surface area contributed by atoms with Gasteiger partial charge in [-0.2, -0.15) is 0 Å². The molecule has 0 aliphatic heterocycles. The normalized spacial score (nSPS) is 19.1. The zero-order chi connectivity index (χ0) is 24.3. The molecule has 0 bridgehead atoms. The van der Waals surface area contributed by atoms with Crippen LogP contribution in [-0.4, -0.2) is 61.5 Å². The van der Waals surface area contributed by atoms with Crippen molar-refractivity contribution >= 4 is 34.0 Å². The number of aromatic nitrogens is 3. The fourth-order valence-electron chi connectivity index (χ4n) is 3.87. The Morgan fingerprint density at radius 2 is 2.06 bits per heavy atom. The number of pyridine rings is 1. The minimum Gasteiger partial charge on any atom is -0.391 e. The van der Waals surface area contributed by atoms with Gasteiger partial charge in [0.1, 0.15) is 18.3 Å². The van der Waals surface area contributed by atoms with Crippen molar-refractivity contribution in [2.45, 2.75) is 57.0 Å². The Bertz CT molecular complexity index is 1170. The van der Waals surface area contributed by atoms with Crippen molar-refractivity contribution in [1.29, 1.82) is 0 Å². The van der Waals surface area contributed by atoms with Crippen molar-refractivity contribution in [2.24, 2.45) is 0 Å². The van der Waals surface area contributed by atoms with Crippen LogP contribution in [0.1, 0.15) is 43.5 Å². The van der Waals surface area contributed by atoms with E-state index in [1.54, 1.807) is 12.3 Å². The summed E-state index contributed by atoms with van der Waals surface area (Å²) in [7, 11) is 0. The Morgan fingerprint density at radius 1 is 1.24 bits per heavy atom. The molecule has 0 saturated heterocycles. The molecule has 5 N–H and O–H groups in total. The molecule has 3 unspecified atom stereocenters. The SMILES string of the molecule is CC(C)(O)C(F)CNC(=O)c1cnc(Nc2ccc3ncncc3c2)cc1NC1CCCC1O. The van der Waals surface area contributed by atoms with Gasteiger partial charge in [0.25, 0.3) is 5.91 Å². The fraction of sp³-hybridized carbons (Fsp3) is 0.417. The van der Waals surface area contributed by atoms with Gasteiger partial charge in [0.05, 0.1) is 41.1 Å². The van der Waals surface area contributed by atoms with Gasteiger partial charge in [0, 0.05) is 29.5 Å². The number of amides is 1. The quantitative estimate of drug-likeness (QED) is 0.341. The maximum Gasteiger partial charge on any atom is 0.255 e. The smallest absolute Gasteiger partial charge is 0.255 e. The molecule has 34 heavy (non-hydrogen) atoms. The average Bonchev–Trinajstić information content (AvgIpc) is 3.21. The number of halogens is 1. The van der Waals surface area contributed by atoms with E-state index in [0.717, 1.165) is 29.4 Å². The molecule has 1 amide bonds. The van der Waals surface area contributed by atoms with Crippen LogP contribution in [0.15, 0.2) is 43.0 Å². The van der Waals surface area contributed by atoms with Crippen molar-refractivity contribution in [3.05, 3.63) is 48.5 Å². The second-order valence-electron chi connectivity index (χ2n) is 9.12. The lowest BCUT2D eigenvalue weighted by molar-refractivity contribution is -0.00177. The van der Waals surface area contributed by atoms with E-state index in [0.29, 0.717) is 17.9 Å². The summed E-state index contributed by atoms with van der Waals surface area (Å²) in [5.41, 5.74) is 0.710. The Balaban J connectivity index is 1.57. The predicted octanol–water partition coefficient (Wildman–Crippen LogP) is 2.93. The molecule has 1 aliphatic rings. The lowest BCUT2D eigenvalue weighted by Gasteiger charge is -2.23. The maximum absolute atomic E-state index is 14.1. The van der Waals surface area contributed by atoms with Gasteiger partial charge in [-0.05, 0) is 51.3 Å². The van der Waals surface area contributed by atoms with Gasteiger partial charge in [-0.1, -0.05) is 0 Å². The van der Waals surface area contributed by atoms with E-state index in [-0.39, 0.29) is 18.2 Å². The molecule has 0 spiro atoms. The van der Waals surface area contributed by atoms with Crippen molar-refractivity contribution in [3.63, 3.8) is 0 Å². The first-order chi connectivity index (χ1) is 16.2. The van der Waals surface area contributed by atoms with E-state index in [1.807, 2.05) is 18.2 Å². The second-order valence-corrected chi connectivity index (χ2v) is 9.12. The maximum atomic E-state index is 14.1. The van der Waals surface area contributed by atoms with Gasteiger partial charge in [-0.25, -0.2) is 19.3 Å². The summed E-state index contributed by atoms with van der Waals surface area (Å²) in [4.78, 5) is 25.4. The van der Waals surface area contributed by atoms with Crippen LogP contribution < -0.4 is 16.0 Å². The highest BCUT2D eigenvalue weighted by molar-refractivity contribution is 6.00. The van der Waals surface area contributed by atoms with Crippen LogP contribution in [0.25, 0.3) is 10.9 Å². The summed E-state index contributed by atoms with van der Waals surface area (Å²) in [6.07, 6.45) is 4.79. The first kappa shape index (κ1) is 23.8. The monoisotopic (exact) mass is 468 g/mol. The molecule has 2 aromatic heterocycles. The fourth-order valence-corrected chi connectivity index (χ4v) is 3.87. The number of carbonyl (C=O) groups is 1. The molecule has 180 valence electrons. The molecule has 3 atom stereocenters. The van der Waals surface area contributed by atoms with Crippen LogP contribution in [0.2, 0.25) is 0 Å². The number of aliphatic hydroxyl groups is 2. The molecular formula is C24H29FN6O3. The Labute approximate surface area is 196 Å². The molecule has 2 heterocycles. The number of hydrogen-bond donors (Lipinski definition) is 5. The third-order valence-electron chi connectivity index (χ3n) is 5.95. The number of rotatable bonds is 8. The number of hydrogen-bond acceptors (Lipinski definition) is 8. The average molecular weight is 469 g/mol. The third-order valence-corrected chi connectivity index (χ3v) is 5.95. The topological polar surface area (TPSA) is 132 Å². The number of nitrogens with one attached hydrogen (secondary N) is 3. The highest BCUT2D eigenvalue weighted by atomic mass is 19.1. The van der Waals surface area contributed by atoms with Gasteiger partial charge in [-0.3, -0.25) is 4.79 Å². The van der Waals surface area contributed by atoms with Gasteiger partial charge < -0.3 is 26.2 Å². The van der Waals surface area contributed by atoms with Crippen molar-refractivity contribution in [1.82, 2.24) is 20.3 Å².